The fourth-order valence-corrected chi connectivity index (χ4v) is 1.77. The number of ether oxygens (including phenoxy) is 1. The highest BCUT2D eigenvalue weighted by atomic mass is 16.5. The normalized spacial score (nSPS) is 11.4. The summed E-state index contributed by atoms with van der Waals surface area (Å²) in [5.74, 6) is 0.553. The van der Waals surface area contributed by atoms with Crippen molar-refractivity contribution in [2.45, 2.75) is 32.9 Å². The second-order valence-corrected chi connectivity index (χ2v) is 5.48. The maximum Gasteiger partial charge on any atom is 0.314 e. The van der Waals surface area contributed by atoms with Gasteiger partial charge in [-0.3, -0.25) is 4.79 Å². The van der Waals surface area contributed by atoms with Crippen molar-refractivity contribution in [2.24, 2.45) is 0 Å². The maximum atomic E-state index is 12.3. The van der Waals surface area contributed by atoms with Crippen LogP contribution in [-0.4, -0.2) is 14.7 Å². The highest BCUT2D eigenvalue weighted by Gasteiger charge is 2.17. The van der Waals surface area contributed by atoms with Gasteiger partial charge in [-0.15, -0.1) is 0 Å². The van der Waals surface area contributed by atoms with Crippen LogP contribution in [0.15, 0.2) is 41.5 Å². The van der Waals surface area contributed by atoms with Gasteiger partial charge >= 0.3 is 5.56 Å². The molecule has 0 aliphatic carbocycles. The lowest BCUT2D eigenvalue weighted by Crippen LogP contribution is -2.34. The van der Waals surface area contributed by atoms with Crippen molar-refractivity contribution >= 4 is 0 Å². The Morgan fingerprint density at radius 2 is 1.90 bits per heavy atom. The summed E-state index contributed by atoms with van der Waals surface area (Å²) in [6.07, 6.45) is 3.19. The lowest BCUT2D eigenvalue weighted by molar-refractivity contribution is 0.281. The second-order valence-electron chi connectivity index (χ2n) is 5.48. The Bertz CT molecular complexity index is 639. The zero-order valence-electron chi connectivity index (χ0n) is 11.8. The molecule has 1 heterocycles. The van der Waals surface area contributed by atoms with E-state index in [1.54, 1.807) is 41.2 Å². The summed E-state index contributed by atoms with van der Waals surface area (Å²) in [5.41, 5.74) is 0.176. The van der Waals surface area contributed by atoms with Crippen molar-refractivity contribution in [3.05, 3.63) is 52.6 Å². The van der Waals surface area contributed by atoms with E-state index < -0.39 is 0 Å². The fraction of sp³-hybridized carbons (Fsp3) is 0.333. The number of rotatable bonds is 3. The zero-order valence-corrected chi connectivity index (χ0v) is 11.8. The summed E-state index contributed by atoms with van der Waals surface area (Å²) < 4.78 is 7.10. The second kappa shape index (κ2) is 5.46. The topological polar surface area (TPSA) is 64.3 Å². The Morgan fingerprint density at radius 3 is 2.45 bits per heavy atom. The molecule has 1 aromatic carbocycles. The average Bonchev–Trinajstić information content (AvgIpc) is 2.40. The van der Waals surface area contributed by atoms with Crippen molar-refractivity contribution in [3.8, 4) is 11.6 Å². The van der Waals surface area contributed by atoms with Gasteiger partial charge in [0.25, 0.3) is 5.88 Å². The predicted molar refractivity (Wildman–Crippen MR) is 75.9 cm³/mol. The monoisotopic (exact) mass is 274 g/mol. The average molecular weight is 274 g/mol. The third-order valence-electron chi connectivity index (χ3n) is 2.85. The highest BCUT2D eigenvalue weighted by Crippen LogP contribution is 2.18. The Kier molecular flexibility index (Phi) is 3.90. The standard InChI is InChI=1S/C15H18N2O3/c1-15(2,3)17-9-8-16-13(14(17)19)20-12-6-4-11(10-18)5-7-12/h4-9,18H,10H2,1-3H3. The van der Waals surface area contributed by atoms with E-state index in [9.17, 15) is 4.79 Å². The Balaban J connectivity index is 2.32. The van der Waals surface area contributed by atoms with E-state index in [1.807, 2.05) is 20.8 Å². The molecule has 0 spiro atoms. The molecule has 0 saturated carbocycles. The fourth-order valence-electron chi connectivity index (χ4n) is 1.77. The van der Waals surface area contributed by atoms with E-state index in [-0.39, 0.29) is 23.6 Å². The molecular weight excluding hydrogens is 256 g/mol. The summed E-state index contributed by atoms with van der Waals surface area (Å²) >= 11 is 0. The quantitative estimate of drug-likeness (QED) is 0.932. The minimum Gasteiger partial charge on any atom is -0.435 e. The third kappa shape index (κ3) is 3.05. The number of hydrogen-bond donors (Lipinski definition) is 1. The van der Waals surface area contributed by atoms with Gasteiger partial charge < -0.3 is 14.4 Å². The first-order valence-electron chi connectivity index (χ1n) is 6.37. The van der Waals surface area contributed by atoms with Crippen LogP contribution in [0, 0.1) is 0 Å². The summed E-state index contributed by atoms with van der Waals surface area (Å²) in [6, 6.07) is 6.86. The summed E-state index contributed by atoms with van der Waals surface area (Å²) in [7, 11) is 0. The van der Waals surface area contributed by atoms with Crippen molar-refractivity contribution in [3.63, 3.8) is 0 Å². The number of aliphatic hydroxyl groups is 1. The van der Waals surface area contributed by atoms with Gasteiger partial charge in [0.1, 0.15) is 5.75 Å². The van der Waals surface area contributed by atoms with Gasteiger partial charge in [0, 0.05) is 17.9 Å². The molecule has 1 aromatic heterocycles. The van der Waals surface area contributed by atoms with Crippen LogP contribution < -0.4 is 10.3 Å². The predicted octanol–water partition coefficient (Wildman–Crippen LogP) is 2.28. The molecule has 0 atom stereocenters. The molecule has 0 fully saturated rings. The number of nitrogens with zero attached hydrogens (tertiary/aromatic N) is 2. The molecule has 1 N–H and O–H groups in total. The summed E-state index contributed by atoms with van der Waals surface area (Å²) in [6.45, 7) is 5.79. The van der Waals surface area contributed by atoms with E-state index in [0.29, 0.717) is 5.75 Å². The van der Waals surface area contributed by atoms with Crippen LogP contribution in [0.1, 0.15) is 26.3 Å². The van der Waals surface area contributed by atoms with E-state index in [2.05, 4.69) is 4.98 Å². The van der Waals surface area contributed by atoms with Crippen LogP contribution in [0.5, 0.6) is 11.6 Å². The van der Waals surface area contributed by atoms with Crippen LogP contribution in [0.4, 0.5) is 0 Å². The first kappa shape index (κ1) is 14.3. The van der Waals surface area contributed by atoms with Gasteiger partial charge in [-0.25, -0.2) is 4.98 Å². The van der Waals surface area contributed by atoms with Crippen molar-refractivity contribution < 1.29 is 9.84 Å². The van der Waals surface area contributed by atoms with Gasteiger partial charge in [0.05, 0.1) is 6.61 Å². The van der Waals surface area contributed by atoms with Crippen molar-refractivity contribution in [1.82, 2.24) is 9.55 Å². The van der Waals surface area contributed by atoms with Gasteiger partial charge in [-0.05, 0) is 38.5 Å². The molecule has 0 aliphatic heterocycles. The van der Waals surface area contributed by atoms with Gasteiger partial charge in [0.2, 0.25) is 0 Å². The SMILES string of the molecule is CC(C)(C)n1ccnc(Oc2ccc(CO)cc2)c1=O. The molecule has 5 nitrogen and oxygen atoms in total. The first-order valence-corrected chi connectivity index (χ1v) is 6.37. The van der Waals surface area contributed by atoms with Crippen molar-refractivity contribution in [1.29, 1.82) is 0 Å². The van der Waals surface area contributed by atoms with Crippen LogP contribution in [0.3, 0.4) is 0 Å². The maximum absolute atomic E-state index is 12.3. The lowest BCUT2D eigenvalue weighted by Gasteiger charge is -2.22. The number of hydrogen-bond acceptors (Lipinski definition) is 4. The number of aromatic nitrogens is 2. The van der Waals surface area contributed by atoms with Crippen LogP contribution in [0.2, 0.25) is 0 Å². The molecule has 5 heteroatoms. The molecule has 2 rings (SSSR count). The minimum atomic E-state index is -0.334. The van der Waals surface area contributed by atoms with E-state index in [0.717, 1.165) is 5.56 Å². The Morgan fingerprint density at radius 1 is 1.25 bits per heavy atom. The van der Waals surface area contributed by atoms with Gasteiger partial charge in [0.15, 0.2) is 0 Å². The Hall–Kier alpha value is -2.14. The van der Waals surface area contributed by atoms with E-state index in [4.69, 9.17) is 9.84 Å². The molecule has 106 valence electrons. The molecule has 0 radical (unpaired) electrons. The molecule has 20 heavy (non-hydrogen) atoms. The molecule has 0 aliphatic rings. The molecular formula is C15H18N2O3. The van der Waals surface area contributed by atoms with E-state index in [1.165, 1.54) is 0 Å². The molecule has 0 bridgehead atoms. The lowest BCUT2D eigenvalue weighted by atomic mass is 10.1. The summed E-state index contributed by atoms with van der Waals surface area (Å²) in [5, 5.41) is 8.98. The molecule has 2 aromatic rings. The molecule has 0 amide bonds. The number of aliphatic hydroxyl groups excluding tert-OH is 1. The van der Waals surface area contributed by atoms with Gasteiger partial charge in [-0.1, -0.05) is 12.1 Å². The van der Waals surface area contributed by atoms with Crippen LogP contribution >= 0.6 is 0 Å². The molecule has 0 unspecified atom stereocenters. The van der Waals surface area contributed by atoms with Crippen LogP contribution in [-0.2, 0) is 12.1 Å². The van der Waals surface area contributed by atoms with Gasteiger partial charge in [-0.2, -0.15) is 0 Å². The Labute approximate surface area is 117 Å². The smallest absolute Gasteiger partial charge is 0.314 e. The third-order valence-corrected chi connectivity index (χ3v) is 2.85. The first-order chi connectivity index (χ1) is 9.41. The minimum absolute atomic E-state index is 0.0271. The van der Waals surface area contributed by atoms with Crippen LogP contribution in [0.25, 0.3) is 0 Å². The molecule has 0 saturated heterocycles. The van der Waals surface area contributed by atoms with E-state index >= 15 is 0 Å². The van der Waals surface area contributed by atoms with Crippen molar-refractivity contribution in [2.75, 3.05) is 0 Å². The zero-order chi connectivity index (χ0) is 14.8. The highest BCUT2D eigenvalue weighted by molar-refractivity contribution is 5.29. The summed E-state index contributed by atoms with van der Waals surface area (Å²) in [4.78, 5) is 16.3. The largest absolute Gasteiger partial charge is 0.435 e. The number of benzene rings is 1.